The molecule has 0 bridgehead atoms. The fourth-order valence-corrected chi connectivity index (χ4v) is 3.41. The van der Waals surface area contributed by atoms with Crippen molar-refractivity contribution in [2.24, 2.45) is 5.14 Å². The molecule has 0 aromatic rings. The highest BCUT2D eigenvalue weighted by Gasteiger charge is 2.12. The largest absolute Gasteiger partial charge is 0.381 e. The molecule has 9 heavy (non-hydrogen) atoms. The lowest BCUT2D eigenvalue weighted by molar-refractivity contribution is 0.0668. The van der Waals surface area contributed by atoms with E-state index in [2.05, 4.69) is 0 Å². The van der Waals surface area contributed by atoms with Gasteiger partial charge in [0.2, 0.25) is 0 Å². The monoisotopic (exact) mass is 163 g/mol. The van der Waals surface area contributed by atoms with Crippen molar-refractivity contribution in [1.82, 2.24) is 0 Å². The molecule has 0 aromatic carbocycles. The first-order chi connectivity index (χ1) is 4.43. The summed E-state index contributed by atoms with van der Waals surface area (Å²) >= 11 is 1.52. The van der Waals surface area contributed by atoms with Gasteiger partial charge in [-0.15, -0.1) is 11.4 Å². The van der Waals surface area contributed by atoms with Gasteiger partial charge in [0.15, 0.2) is 0 Å². The lowest BCUT2D eigenvalue weighted by Gasteiger charge is -2.20. The van der Waals surface area contributed by atoms with E-state index in [1.165, 1.54) is 30.7 Å². The van der Waals surface area contributed by atoms with Gasteiger partial charge in [-0.25, -0.2) is 0 Å². The minimum Gasteiger partial charge on any atom is -0.381 e. The first kappa shape index (κ1) is 7.59. The molecule has 1 aliphatic rings. The molecule has 1 fully saturated rings. The van der Waals surface area contributed by atoms with Gasteiger partial charge in [0.25, 0.3) is 0 Å². The Bertz CT molecular complexity index is 74.6. The average Bonchev–Trinajstić information content (AvgIpc) is 1.91. The molecule has 0 spiro atoms. The summed E-state index contributed by atoms with van der Waals surface area (Å²) in [5.74, 6) is 0. The summed E-state index contributed by atoms with van der Waals surface area (Å²) in [5, 5.41) is 5.36. The van der Waals surface area contributed by atoms with Crippen LogP contribution in [-0.4, -0.2) is 21.0 Å². The maximum Gasteiger partial charge on any atom is 0.137 e. The van der Waals surface area contributed by atoms with E-state index in [0.29, 0.717) is 5.73 Å². The number of hydrogen-bond acceptors (Lipinski definition) is 3. The predicted octanol–water partition coefficient (Wildman–Crippen LogP) is 0.204. The fourth-order valence-electron chi connectivity index (χ4n) is 1.05. The minimum absolute atomic E-state index is 0.152. The Balaban J connectivity index is 2.08. The first-order valence-electron chi connectivity index (χ1n) is 3.37. The van der Waals surface area contributed by atoms with Crippen LogP contribution in [0.3, 0.4) is 0 Å². The molecule has 2 nitrogen and oxygen atoms in total. The third-order valence-electron chi connectivity index (χ3n) is 1.56. The van der Waals surface area contributed by atoms with Crippen molar-refractivity contribution in [2.75, 3.05) is 6.61 Å². The van der Waals surface area contributed by atoms with E-state index in [-0.39, 0.29) is 8.67 Å². The molecule has 0 radical (unpaired) electrons. The van der Waals surface area contributed by atoms with Crippen molar-refractivity contribution < 1.29 is 4.74 Å². The van der Waals surface area contributed by atoms with Crippen molar-refractivity contribution in [2.45, 2.75) is 25.0 Å². The number of hydrogen-bond donors (Lipinski definition) is 1. The number of rotatable bonds is 2. The summed E-state index contributed by atoms with van der Waals surface area (Å²) < 4.78 is 5.48. The molecule has 4 heteroatoms. The van der Waals surface area contributed by atoms with E-state index in [9.17, 15) is 0 Å². The number of ether oxygens (including phenoxy) is 1. The van der Waals surface area contributed by atoms with Gasteiger partial charge in [-0.2, -0.15) is 0 Å². The zero-order valence-corrected chi connectivity index (χ0v) is 7.74. The second kappa shape index (κ2) is 4.33. The molecule has 1 heterocycles. The molecular weight excluding hydrogens is 150 g/mol. The summed E-state index contributed by atoms with van der Waals surface area (Å²) in [4.78, 5) is 0. The SMILES string of the molecule is NS[SiH2]C1CCCCO1. The molecule has 1 unspecified atom stereocenters. The zero-order valence-electron chi connectivity index (χ0n) is 5.51. The Hall–Kier alpha value is 0.487. The Morgan fingerprint density at radius 1 is 1.56 bits per heavy atom. The summed E-state index contributed by atoms with van der Waals surface area (Å²) in [7, 11) is -0.152. The van der Waals surface area contributed by atoms with Gasteiger partial charge < -0.3 is 4.74 Å². The Kier molecular flexibility index (Phi) is 3.65. The smallest absolute Gasteiger partial charge is 0.137 e. The standard InChI is InChI=1S/C5H13NOSSi/c6-8-9-5-3-1-2-4-7-5/h5H,1-4,6,9H2. The van der Waals surface area contributed by atoms with Gasteiger partial charge in [-0.1, -0.05) is 0 Å². The molecule has 0 aromatic heterocycles. The third-order valence-corrected chi connectivity index (χ3v) is 4.46. The van der Waals surface area contributed by atoms with Gasteiger partial charge in [0, 0.05) is 6.61 Å². The maximum atomic E-state index is 5.48. The van der Waals surface area contributed by atoms with Crippen LogP contribution >= 0.6 is 11.4 Å². The van der Waals surface area contributed by atoms with Crippen LogP contribution in [0.5, 0.6) is 0 Å². The molecular formula is C5H13NOSSi. The summed E-state index contributed by atoms with van der Waals surface area (Å²) in [6.07, 6.45) is 3.86. The first-order valence-corrected chi connectivity index (χ1v) is 6.96. The van der Waals surface area contributed by atoms with Gasteiger partial charge >= 0.3 is 0 Å². The molecule has 1 rings (SSSR count). The van der Waals surface area contributed by atoms with Gasteiger partial charge in [-0.05, 0) is 19.3 Å². The molecule has 0 saturated carbocycles. The van der Waals surface area contributed by atoms with E-state index in [4.69, 9.17) is 9.88 Å². The second-order valence-electron chi connectivity index (χ2n) is 2.32. The van der Waals surface area contributed by atoms with Crippen LogP contribution in [0.4, 0.5) is 0 Å². The van der Waals surface area contributed by atoms with Crippen LogP contribution < -0.4 is 5.14 Å². The molecule has 0 amide bonds. The Morgan fingerprint density at radius 3 is 3.00 bits per heavy atom. The second-order valence-corrected chi connectivity index (χ2v) is 5.90. The van der Waals surface area contributed by atoms with Crippen LogP contribution in [0, 0.1) is 0 Å². The molecule has 54 valence electrons. The third kappa shape index (κ3) is 2.71. The normalized spacial score (nSPS) is 29.7. The Morgan fingerprint density at radius 2 is 2.44 bits per heavy atom. The van der Waals surface area contributed by atoms with Crippen molar-refractivity contribution >= 4 is 20.1 Å². The number of nitrogens with two attached hydrogens (primary N) is 1. The summed E-state index contributed by atoms with van der Waals surface area (Å²) in [5.41, 5.74) is 0.578. The van der Waals surface area contributed by atoms with Crippen molar-refractivity contribution in [1.29, 1.82) is 0 Å². The lowest BCUT2D eigenvalue weighted by Crippen LogP contribution is -2.24. The molecule has 1 saturated heterocycles. The Labute approximate surface area is 62.1 Å². The van der Waals surface area contributed by atoms with Gasteiger partial charge in [0.1, 0.15) is 8.67 Å². The molecule has 1 aliphatic heterocycles. The summed E-state index contributed by atoms with van der Waals surface area (Å²) in [6, 6.07) is 0. The zero-order chi connectivity index (χ0) is 6.53. The van der Waals surface area contributed by atoms with Crippen molar-refractivity contribution in [3.05, 3.63) is 0 Å². The van der Waals surface area contributed by atoms with Crippen LogP contribution in [0.1, 0.15) is 19.3 Å². The predicted molar refractivity (Wildman–Crippen MR) is 43.9 cm³/mol. The van der Waals surface area contributed by atoms with E-state index < -0.39 is 0 Å². The van der Waals surface area contributed by atoms with E-state index in [0.717, 1.165) is 6.61 Å². The minimum atomic E-state index is -0.152. The van der Waals surface area contributed by atoms with Crippen molar-refractivity contribution in [3.63, 3.8) is 0 Å². The molecule has 0 aliphatic carbocycles. The van der Waals surface area contributed by atoms with Gasteiger partial charge in [-0.3, -0.25) is 5.14 Å². The highest BCUT2D eigenvalue weighted by atomic mass is 32.4. The highest BCUT2D eigenvalue weighted by molar-refractivity contribution is 8.20. The van der Waals surface area contributed by atoms with E-state index in [1.54, 1.807) is 0 Å². The lowest BCUT2D eigenvalue weighted by atomic mass is 10.2. The molecule has 1 atom stereocenters. The van der Waals surface area contributed by atoms with Gasteiger partial charge in [0.05, 0.1) is 5.73 Å². The molecule has 2 N–H and O–H groups in total. The van der Waals surface area contributed by atoms with Crippen LogP contribution in [0.15, 0.2) is 0 Å². The summed E-state index contributed by atoms with van der Waals surface area (Å²) in [6.45, 7) is 0.970. The average molecular weight is 163 g/mol. The van der Waals surface area contributed by atoms with Crippen molar-refractivity contribution in [3.8, 4) is 0 Å². The quantitative estimate of drug-likeness (QED) is 0.467. The van der Waals surface area contributed by atoms with Crippen LogP contribution in [0.25, 0.3) is 0 Å². The topological polar surface area (TPSA) is 35.2 Å². The van der Waals surface area contributed by atoms with Crippen LogP contribution in [-0.2, 0) is 4.74 Å². The van der Waals surface area contributed by atoms with Crippen LogP contribution in [0.2, 0.25) is 0 Å². The maximum absolute atomic E-state index is 5.48. The highest BCUT2D eigenvalue weighted by Crippen LogP contribution is 2.12. The van der Waals surface area contributed by atoms with E-state index in [1.807, 2.05) is 0 Å². The van der Waals surface area contributed by atoms with E-state index >= 15 is 0 Å². The fraction of sp³-hybridized carbons (Fsp3) is 1.00.